The number of anilines is 2. The highest BCUT2D eigenvalue weighted by Gasteiger charge is 2.36. The molecule has 0 saturated carbocycles. The summed E-state index contributed by atoms with van der Waals surface area (Å²) in [6.07, 6.45) is 0.991. The molecule has 2 aromatic rings. The van der Waals surface area contributed by atoms with Gasteiger partial charge in [0.2, 0.25) is 23.7 Å². The number of amides is 2. The molecule has 2 amide bonds. The molecule has 2 aliphatic rings. The van der Waals surface area contributed by atoms with Crippen molar-refractivity contribution in [3.8, 4) is 11.5 Å². The van der Waals surface area contributed by atoms with E-state index in [0.717, 1.165) is 11.4 Å². The quantitative estimate of drug-likeness (QED) is 0.846. The van der Waals surface area contributed by atoms with E-state index in [9.17, 15) is 9.59 Å². The van der Waals surface area contributed by atoms with Gasteiger partial charge < -0.3 is 19.7 Å². The van der Waals surface area contributed by atoms with E-state index in [4.69, 9.17) is 9.47 Å². The highest BCUT2D eigenvalue weighted by Crippen LogP contribution is 2.37. The van der Waals surface area contributed by atoms with Crippen LogP contribution in [-0.4, -0.2) is 35.3 Å². The van der Waals surface area contributed by atoms with Crippen LogP contribution in [0.2, 0.25) is 0 Å². The lowest BCUT2D eigenvalue weighted by Crippen LogP contribution is -2.28. The van der Waals surface area contributed by atoms with Crippen molar-refractivity contribution < 1.29 is 19.1 Å². The highest BCUT2D eigenvalue weighted by atomic mass is 32.1. The molecular formula is C18H20N4O4S. The van der Waals surface area contributed by atoms with Gasteiger partial charge in [0.05, 0.1) is 5.92 Å². The molecule has 4 rings (SSSR count). The van der Waals surface area contributed by atoms with Crippen molar-refractivity contribution in [1.82, 2.24) is 10.2 Å². The predicted molar refractivity (Wildman–Crippen MR) is 100 cm³/mol. The lowest BCUT2D eigenvalue weighted by Gasteiger charge is -2.16. The summed E-state index contributed by atoms with van der Waals surface area (Å²) in [6, 6.07) is 5.34. The second-order valence-electron chi connectivity index (χ2n) is 7.03. The molecule has 0 radical (unpaired) electrons. The average Bonchev–Trinajstić information content (AvgIpc) is 3.33. The molecule has 0 bridgehead atoms. The first-order valence-corrected chi connectivity index (χ1v) is 9.64. The van der Waals surface area contributed by atoms with Gasteiger partial charge in [-0.3, -0.25) is 9.59 Å². The number of hydrogen-bond donors (Lipinski definition) is 1. The van der Waals surface area contributed by atoms with Crippen molar-refractivity contribution >= 4 is 34.0 Å². The maximum Gasteiger partial charge on any atom is 0.231 e. The molecular weight excluding hydrogens is 368 g/mol. The van der Waals surface area contributed by atoms with Gasteiger partial charge in [0.15, 0.2) is 11.5 Å². The van der Waals surface area contributed by atoms with Gasteiger partial charge in [-0.05, 0) is 18.1 Å². The molecule has 1 fully saturated rings. The zero-order chi connectivity index (χ0) is 19.0. The van der Waals surface area contributed by atoms with Crippen LogP contribution in [0.3, 0.4) is 0 Å². The minimum Gasteiger partial charge on any atom is -0.454 e. The Morgan fingerprint density at radius 1 is 1.33 bits per heavy atom. The Bertz CT molecular complexity index is 882. The second kappa shape index (κ2) is 7.15. The number of benzene rings is 1. The summed E-state index contributed by atoms with van der Waals surface area (Å²) in [5.74, 6) is 1.02. The maximum absolute atomic E-state index is 12.6. The molecule has 9 heteroatoms. The van der Waals surface area contributed by atoms with Crippen molar-refractivity contribution in [3.63, 3.8) is 0 Å². The number of fused-ring (bicyclic) bond motifs is 1. The molecule has 1 unspecified atom stereocenters. The lowest BCUT2D eigenvalue weighted by atomic mass is 10.1. The topological polar surface area (TPSA) is 93.7 Å². The second-order valence-corrected chi connectivity index (χ2v) is 8.09. The van der Waals surface area contributed by atoms with Crippen LogP contribution in [0, 0.1) is 11.8 Å². The SMILES string of the molecule is CC(C)Cc1nnc(NC(=O)C2CC(=O)N(c3ccc4c(c3)OCO4)C2)s1. The molecule has 2 aliphatic heterocycles. The van der Waals surface area contributed by atoms with E-state index in [1.165, 1.54) is 11.3 Å². The van der Waals surface area contributed by atoms with E-state index in [1.807, 2.05) is 0 Å². The smallest absolute Gasteiger partial charge is 0.231 e. The normalized spacial score (nSPS) is 18.4. The number of aromatic nitrogens is 2. The summed E-state index contributed by atoms with van der Waals surface area (Å²) in [6.45, 7) is 4.71. The maximum atomic E-state index is 12.6. The molecule has 1 saturated heterocycles. The predicted octanol–water partition coefficient (Wildman–Crippen LogP) is 2.46. The fourth-order valence-electron chi connectivity index (χ4n) is 3.13. The highest BCUT2D eigenvalue weighted by molar-refractivity contribution is 7.15. The number of rotatable bonds is 5. The molecule has 142 valence electrons. The molecule has 1 N–H and O–H groups in total. The first-order chi connectivity index (χ1) is 13.0. The molecule has 1 aromatic heterocycles. The number of nitrogens with one attached hydrogen (secondary N) is 1. The zero-order valence-electron chi connectivity index (χ0n) is 15.1. The van der Waals surface area contributed by atoms with Gasteiger partial charge >= 0.3 is 0 Å². The molecule has 1 atom stereocenters. The van der Waals surface area contributed by atoms with E-state index in [2.05, 4.69) is 29.4 Å². The molecule has 0 spiro atoms. The van der Waals surface area contributed by atoms with Gasteiger partial charge in [0.25, 0.3) is 0 Å². The summed E-state index contributed by atoms with van der Waals surface area (Å²) < 4.78 is 10.7. The molecule has 0 aliphatic carbocycles. The summed E-state index contributed by atoms with van der Waals surface area (Å²) in [5, 5.41) is 12.3. The number of ether oxygens (including phenoxy) is 2. The van der Waals surface area contributed by atoms with Gasteiger partial charge in [0, 0.05) is 31.1 Å². The first-order valence-electron chi connectivity index (χ1n) is 8.83. The first kappa shape index (κ1) is 17.7. The Kier molecular flexibility index (Phi) is 4.69. The summed E-state index contributed by atoms with van der Waals surface area (Å²) in [5.41, 5.74) is 0.703. The van der Waals surface area contributed by atoms with Crippen molar-refractivity contribution in [2.24, 2.45) is 11.8 Å². The number of hydrogen-bond acceptors (Lipinski definition) is 7. The van der Waals surface area contributed by atoms with Gasteiger partial charge in [-0.15, -0.1) is 10.2 Å². The Hall–Kier alpha value is -2.68. The molecule has 8 nitrogen and oxygen atoms in total. The Balaban J connectivity index is 1.41. The molecule has 3 heterocycles. The van der Waals surface area contributed by atoms with Crippen molar-refractivity contribution in [2.75, 3.05) is 23.6 Å². The summed E-state index contributed by atoms with van der Waals surface area (Å²) in [7, 11) is 0. The van der Waals surface area contributed by atoms with Gasteiger partial charge in [0.1, 0.15) is 5.01 Å². The van der Waals surface area contributed by atoms with E-state index in [-0.39, 0.29) is 25.0 Å². The van der Waals surface area contributed by atoms with Crippen molar-refractivity contribution in [3.05, 3.63) is 23.2 Å². The fourth-order valence-corrected chi connectivity index (χ4v) is 4.08. The Morgan fingerprint density at radius 2 is 2.15 bits per heavy atom. The summed E-state index contributed by atoms with van der Waals surface area (Å²) >= 11 is 1.38. The van der Waals surface area contributed by atoms with E-state index < -0.39 is 5.92 Å². The standard InChI is InChI=1S/C18H20N4O4S/c1-10(2)5-15-20-21-18(27-15)19-17(24)11-6-16(23)22(8-11)12-3-4-13-14(7-12)26-9-25-13/h3-4,7,10-11H,5-6,8-9H2,1-2H3,(H,19,21,24). The van der Waals surface area contributed by atoms with E-state index in [1.54, 1.807) is 23.1 Å². The molecule has 27 heavy (non-hydrogen) atoms. The summed E-state index contributed by atoms with van der Waals surface area (Å²) in [4.78, 5) is 26.6. The van der Waals surface area contributed by atoms with Crippen LogP contribution in [0.1, 0.15) is 25.3 Å². The average molecular weight is 388 g/mol. The largest absolute Gasteiger partial charge is 0.454 e. The lowest BCUT2D eigenvalue weighted by molar-refractivity contribution is -0.122. The van der Waals surface area contributed by atoms with Gasteiger partial charge in [-0.25, -0.2) is 0 Å². The van der Waals surface area contributed by atoms with E-state index >= 15 is 0 Å². The third-order valence-corrected chi connectivity index (χ3v) is 5.30. The zero-order valence-corrected chi connectivity index (χ0v) is 15.9. The number of carbonyl (C=O) groups is 2. The minimum atomic E-state index is -0.430. The van der Waals surface area contributed by atoms with Crippen LogP contribution in [0.4, 0.5) is 10.8 Å². The number of carbonyl (C=O) groups excluding carboxylic acids is 2. The van der Waals surface area contributed by atoms with Crippen LogP contribution in [0.15, 0.2) is 18.2 Å². The van der Waals surface area contributed by atoms with Crippen LogP contribution in [0.25, 0.3) is 0 Å². The van der Waals surface area contributed by atoms with Crippen LogP contribution >= 0.6 is 11.3 Å². The van der Waals surface area contributed by atoms with Crippen LogP contribution in [-0.2, 0) is 16.0 Å². The Morgan fingerprint density at radius 3 is 2.96 bits per heavy atom. The van der Waals surface area contributed by atoms with Gasteiger partial charge in [-0.1, -0.05) is 25.2 Å². The van der Waals surface area contributed by atoms with Crippen LogP contribution < -0.4 is 19.7 Å². The van der Waals surface area contributed by atoms with E-state index in [0.29, 0.717) is 34.8 Å². The minimum absolute atomic E-state index is 0.0909. The van der Waals surface area contributed by atoms with Crippen molar-refractivity contribution in [1.29, 1.82) is 0 Å². The third-order valence-electron chi connectivity index (χ3n) is 4.44. The van der Waals surface area contributed by atoms with Crippen LogP contribution in [0.5, 0.6) is 11.5 Å². The Labute approximate surface area is 160 Å². The van der Waals surface area contributed by atoms with Crippen molar-refractivity contribution in [2.45, 2.75) is 26.7 Å². The van der Waals surface area contributed by atoms with Gasteiger partial charge in [-0.2, -0.15) is 0 Å². The monoisotopic (exact) mass is 388 g/mol. The third kappa shape index (κ3) is 3.73. The fraction of sp³-hybridized carbons (Fsp3) is 0.444. The molecule has 1 aromatic carbocycles. The number of nitrogens with zero attached hydrogens (tertiary/aromatic N) is 3.